The van der Waals surface area contributed by atoms with E-state index in [9.17, 15) is 9.59 Å². The third-order valence-electron chi connectivity index (χ3n) is 5.34. The highest BCUT2D eigenvalue weighted by atomic mass is 16.5. The van der Waals surface area contributed by atoms with E-state index in [2.05, 4.69) is 29.1 Å². The molecule has 1 aromatic heterocycles. The van der Waals surface area contributed by atoms with Crippen LogP contribution in [0.3, 0.4) is 0 Å². The number of ether oxygens (including phenoxy) is 1. The molecule has 0 saturated carbocycles. The van der Waals surface area contributed by atoms with E-state index in [0.717, 1.165) is 31.5 Å². The number of nitrogens with zero attached hydrogens (tertiary/aromatic N) is 2. The number of rotatable bonds is 13. The van der Waals surface area contributed by atoms with Gasteiger partial charge < -0.3 is 20.3 Å². The Labute approximate surface area is 240 Å². The predicted octanol–water partition coefficient (Wildman–Crippen LogP) is 6.59. The monoisotopic (exact) mass is 549 g/mol. The molecule has 0 spiro atoms. The van der Waals surface area contributed by atoms with E-state index in [1.54, 1.807) is 67.9 Å². The van der Waals surface area contributed by atoms with Gasteiger partial charge >= 0.3 is 0 Å². The first-order valence-electron chi connectivity index (χ1n) is 13.9. The molecule has 0 aliphatic carbocycles. The number of aromatic nitrogens is 1. The number of carbonyl (C=O) groups excluding carboxylic acids is 2. The van der Waals surface area contributed by atoms with Crippen molar-refractivity contribution in [3.63, 3.8) is 0 Å². The number of amides is 2. The number of amidine groups is 1. The topological polar surface area (TPSA) is 107 Å². The SMILES string of the molecule is C=C/C(C(=O)Nc1ccccn1)=C(\C=C/COC)NC(=O)c1ccc(C(=N)N(CC)CCCC)cc1.CC.CC. The van der Waals surface area contributed by atoms with Crippen LogP contribution in [0.1, 0.15) is 70.3 Å². The average molecular weight is 550 g/mol. The molecule has 218 valence electrons. The summed E-state index contributed by atoms with van der Waals surface area (Å²) in [4.78, 5) is 32.1. The molecule has 0 unspecified atom stereocenters. The second-order valence-electron chi connectivity index (χ2n) is 7.87. The number of allylic oxidation sites excluding steroid dienone is 1. The molecular formula is C32H47N5O3. The van der Waals surface area contributed by atoms with Gasteiger partial charge in [0.15, 0.2) is 0 Å². The summed E-state index contributed by atoms with van der Waals surface area (Å²) >= 11 is 0. The summed E-state index contributed by atoms with van der Waals surface area (Å²) in [6.07, 6.45) is 8.32. The molecule has 1 heterocycles. The van der Waals surface area contributed by atoms with Crippen molar-refractivity contribution in [1.29, 1.82) is 5.41 Å². The number of unbranched alkanes of at least 4 members (excludes halogenated alkanes) is 1. The lowest BCUT2D eigenvalue weighted by molar-refractivity contribution is -0.112. The molecule has 0 atom stereocenters. The first-order chi connectivity index (χ1) is 19.4. The Balaban J connectivity index is 0.00000363. The van der Waals surface area contributed by atoms with Gasteiger partial charge in [-0.25, -0.2) is 4.98 Å². The van der Waals surface area contributed by atoms with Crippen molar-refractivity contribution in [3.05, 3.63) is 95.9 Å². The van der Waals surface area contributed by atoms with Gasteiger partial charge in [0, 0.05) is 37.5 Å². The summed E-state index contributed by atoms with van der Waals surface area (Å²) in [5, 5.41) is 14.0. The Kier molecular flexibility index (Phi) is 19.6. The summed E-state index contributed by atoms with van der Waals surface area (Å²) in [7, 11) is 1.55. The van der Waals surface area contributed by atoms with Gasteiger partial charge in [0.1, 0.15) is 11.7 Å². The fourth-order valence-corrected chi connectivity index (χ4v) is 3.34. The molecule has 2 rings (SSSR count). The molecule has 0 bridgehead atoms. The van der Waals surface area contributed by atoms with E-state index >= 15 is 0 Å². The van der Waals surface area contributed by atoms with E-state index in [0.29, 0.717) is 23.8 Å². The number of hydrogen-bond donors (Lipinski definition) is 3. The molecule has 2 aromatic rings. The van der Waals surface area contributed by atoms with E-state index < -0.39 is 11.8 Å². The van der Waals surface area contributed by atoms with Crippen LogP contribution >= 0.6 is 0 Å². The Hall–Kier alpha value is -4.04. The molecule has 8 nitrogen and oxygen atoms in total. The van der Waals surface area contributed by atoms with E-state index in [-0.39, 0.29) is 11.3 Å². The minimum absolute atomic E-state index is 0.175. The lowest BCUT2D eigenvalue weighted by Crippen LogP contribution is -2.32. The van der Waals surface area contributed by atoms with Crippen molar-refractivity contribution in [1.82, 2.24) is 15.2 Å². The summed E-state index contributed by atoms with van der Waals surface area (Å²) in [5.41, 5.74) is 1.58. The van der Waals surface area contributed by atoms with Crippen molar-refractivity contribution in [3.8, 4) is 0 Å². The highest BCUT2D eigenvalue weighted by Gasteiger charge is 2.16. The number of nitrogens with one attached hydrogen (secondary N) is 3. The van der Waals surface area contributed by atoms with Gasteiger partial charge in [-0.05, 0) is 43.7 Å². The molecule has 0 aliphatic heterocycles. The Morgan fingerprint density at radius 1 is 1.05 bits per heavy atom. The van der Waals surface area contributed by atoms with Crippen molar-refractivity contribution >= 4 is 23.5 Å². The fourth-order valence-electron chi connectivity index (χ4n) is 3.34. The third kappa shape index (κ3) is 12.2. The number of hydrogen-bond acceptors (Lipinski definition) is 5. The molecule has 40 heavy (non-hydrogen) atoms. The molecule has 0 saturated heterocycles. The minimum atomic E-state index is -0.461. The van der Waals surface area contributed by atoms with Crippen LogP contribution in [0.15, 0.2) is 84.7 Å². The van der Waals surface area contributed by atoms with Gasteiger partial charge in [-0.1, -0.05) is 78.0 Å². The second-order valence-corrected chi connectivity index (χ2v) is 7.87. The van der Waals surface area contributed by atoms with Crippen molar-refractivity contribution < 1.29 is 14.3 Å². The maximum absolute atomic E-state index is 13.0. The molecule has 0 aliphatic rings. The molecule has 0 fully saturated rings. The summed E-state index contributed by atoms with van der Waals surface area (Å²) in [6.45, 7) is 17.8. The smallest absolute Gasteiger partial charge is 0.258 e. The second kappa shape index (κ2) is 21.8. The predicted molar refractivity (Wildman–Crippen MR) is 167 cm³/mol. The van der Waals surface area contributed by atoms with Crippen LogP contribution in [0.25, 0.3) is 0 Å². The summed E-state index contributed by atoms with van der Waals surface area (Å²) in [5.74, 6) is -0.0438. The molecule has 0 radical (unpaired) electrons. The van der Waals surface area contributed by atoms with Crippen molar-refractivity contribution in [2.75, 3.05) is 32.1 Å². The largest absolute Gasteiger partial charge is 0.381 e. The average Bonchev–Trinajstić information content (AvgIpc) is 3.00. The number of benzene rings is 1. The molecular weight excluding hydrogens is 502 g/mol. The normalized spacial score (nSPS) is 10.7. The number of pyridine rings is 1. The molecule has 1 aromatic carbocycles. The minimum Gasteiger partial charge on any atom is -0.381 e. The van der Waals surface area contributed by atoms with Gasteiger partial charge in [-0.3, -0.25) is 15.0 Å². The van der Waals surface area contributed by atoms with Gasteiger partial charge in [0.2, 0.25) is 0 Å². The molecule has 3 N–H and O–H groups in total. The van der Waals surface area contributed by atoms with Crippen LogP contribution < -0.4 is 10.6 Å². The Morgan fingerprint density at radius 2 is 1.70 bits per heavy atom. The standard InChI is InChI=1S/C28H35N5O3.2C2H6/c1-5-8-19-33(7-3)26(29)21-14-16-22(17-15-21)27(34)31-24(12-11-20-36-4)23(6-2)28(35)32-25-13-9-10-18-30-25;2*1-2/h6,9-18,29H,2,5,7-8,19-20H2,1,3-4H3,(H,31,34)(H,30,32,35);2*1-2H3/b12-11-,24-23-,29-26?;;. The lowest BCUT2D eigenvalue weighted by atomic mass is 10.1. The molecule has 8 heteroatoms. The number of anilines is 1. The maximum atomic E-state index is 13.0. The van der Waals surface area contributed by atoms with E-state index in [4.69, 9.17) is 10.1 Å². The van der Waals surface area contributed by atoms with E-state index in [1.165, 1.54) is 6.08 Å². The van der Waals surface area contributed by atoms with Crippen LogP contribution in [0.4, 0.5) is 5.82 Å². The number of methoxy groups -OCH3 is 1. The van der Waals surface area contributed by atoms with Crippen LogP contribution in [-0.2, 0) is 9.53 Å². The van der Waals surface area contributed by atoms with Crippen LogP contribution in [-0.4, -0.2) is 54.3 Å². The fraction of sp³-hybridized carbons (Fsp3) is 0.375. The molecule has 2 amide bonds. The van der Waals surface area contributed by atoms with E-state index in [1.807, 2.05) is 39.5 Å². The highest BCUT2D eigenvalue weighted by Crippen LogP contribution is 2.13. The number of carbonyl (C=O) groups is 2. The van der Waals surface area contributed by atoms with Crippen LogP contribution in [0.2, 0.25) is 0 Å². The maximum Gasteiger partial charge on any atom is 0.258 e. The van der Waals surface area contributed by atoms with Gasteiger partial charge in [-0.2, -0.15) is 0 Å². The van der Waals surface area contributed by atoms with Gasteiger partial charge in [-0.15, -0.1) is 0 Å². The highest BCUT2D eigenvalue weighted by molar-refractivity contribution is 6.07. The first-order valence-corrected chi connectivity index (χ1v) is 13.9. The zero-order valence-electron chi connectivity index (χ0n) is 25.2. The zero-order valence-corrected chi connectivity index (χ0v) is 25.2. The van der Waals surface area contributed by atoms with Crippen molar-refractivity contribution in [2.24, 2.45) is 0 Å². The Morgan fingerprint density at radius 3 is 2.23 bits per heavy atom. The summed E-state index contributed by atoms with van der Waals surface area (Å²) < 4.78 is 5.06. The van der Waals surface area contributed by atoms with Crippen LogP contribution in [0.5, 0.6) is 0 Å². The zero-order chi connectivity index (χ0) is 30.3. The Bertz CT molecular complexity index is 1090. The van der Waals surface area contributed by atoms with Gasteiger partial charge in [0.05, 0.1) is 17.9 Å². The van der Waals surface area contributed by atoms with Crippen LogP contribution in [0, 0.1) is 5.41 Å². The van der Waals surface area contributed by atoms with Crippen molar-refractivity contribution in [2.45, 2.75) is 54.4 Å². The quantitative estimate of drug-likeness (QED) is 0.113. The third-order valence-corrected chi connectivity index (χ3v) is 5.34. The lowest BCUT2D eigenvalue weighted by Gasteiger charge is -2.23. The first kappa shape index (κ1) is 36.0. The summed E-state index contributed by atoms with van der Waals surface area (Å²) in [6, 6.07) is 12.0. The van der Waals surface area contributed by atoms with Gasteiger partial charge in [0.25, 0.3) is 11.8 Å².